The Balaban J connectivity index is 1.83. The van der Waals surface area contributed by atoms with Crippen LogP contribution >= 0.6 is 0 Å². The first kappa shape index (κ1) is 14.9. The Morgan fingerprint density at radius 3 is 2.60 bits per heavy atom. The Labute approximate surface area is 120 Å². The summed E-state index contributed by atoms with van der Waals surface area (Å²) in [6, 6.07) is 9.37. The number of hydrogen-bond acceptors (Lipinski definition) is 3. The topological polar surface area (TPSA) is 64.3 Å². The molecule has 1 aromatic rings. The molecule has 1 aliphatic rings. The minimum Gasteiger partial charge on any atom is -0.484 e. The van der Waals surface area contributed by atoms with E-state index < -0.39 is 0 Å². The van der Waals surface area contributed by atoms with E-state index in [-0.39, 0.29) is 18.1 Å². The van der Waals surface area contributed by atoms with Gasteiger partial charge in [0.1, 0.15) is 5.75 Å². The van der Waals surface area contributed by atoms with Crippen molar-refractivity contribution >= 4 is 5.91 Å². The molecule has 1 aliphatic carbocycles. The maximum absolute atomic E-state index is 12.0. The quantitative estimate of drug-likeness (QED) is 0.865. The van der Waals surface area contributed by atoms with Crippen molar-refractivity contribution in [1.29, 1.82) is 0 Å². The summed E-state index contributed by atoms with van der Waals surface area (Å²) in [5.74, 6) is 1.35. The minimum absolute atomic E-state index is 0.0430. The van der Waals surface area contributed by atoms with Crippen LogP contribution in [0.5, 0.6) is 5.75 Å². The predicted octanol–water partition coefficient (Wildman–Crippen LogP) is 2.09. The van der Waals surface area contributed by atoms with Gasteiger partial charge >= 0.3 is 0 Å². The van der Waals surface area contributed by atoms with E-state index in [2.05, 4.69) is 12.2 Å². The van der Waals surface area contributed by atoms with Gasteiger partial charge in [0, 0.05) is 6.54 Å². The summed E-state index contributed by atoms with van der Waals surface area (Å²) in [5.41, 5.74) is 5.65. The lowest BCUT2D eigenvalue weighted by atomic mass is 9.77. The van der Waals surface area contributed by atoms with E-state index in [1.807, 2.05) is 30.3 Å². The summed E-state index contributed by atoms with van der Waals surface area (Å²) in [6.07, 6.45) is 4.16. The van der Waals surface area contributed by atoms with Crippen LogP contribution in [0.2, 0.25) is 0 Å². The van der Waals surface area contributed by atoms with Gasteiger partial charge in [-0.05, 0) is 43.7 Å². The molecule has 1 aromatic carbocycles. The van der Waals surface area contributed by atoms with Gasteiger partial charge in [0.05, 0.1) is 5.54 Å². The molecule has 0 bridgehead atoms. The van der Waals surface area contributed by atoms with Gasteiger partial charge in [-0.25, -0.2) is 0 Å². The first-order chi connectivity index (χ1) is 9.63. The summed E-state index contributed by atoms with van der Waals surface area (Å²) in [4.78, 5) is 12.0. The third kappa shape index (κ3) is 3.97. The SMILES string of the molecule is CC1CCC(CN)(NC(=O)COc2ccccc2)CC1. The van der Waals surface area contributed by atoms with Crippen molar-refractivity contribution in [2.24, 2.45) is 11.7 Å². The summed E-state index contributed by atoms with van der Waals surface area (Å²) < 4.78 is 5.47. The van der Waals surface area contributed by atoms with Crippen LogP contribution < -0.4 is 15.8 Å². The molecular weight excluding hydrogens is 252 g/mol. The van der Waals surface area contributed by atoms with Gasteiger partial charge in [-0.1, -0.05) is 25.1 Å². The summed E-state index contributed by atoms with van der Waals surface area (Å²) in [7, 11) is 0. The van der Waals surface area contributed by atoms with Crippen LogP contribution in [0, 0.1) is 5.92 Å². The van der Waals surface area contributed by atoms with E-state index in [1.54, 1.807) is 0 Å². The van der Waals surface area contributed by atoms with Crippen molar-refractivity contribution in [2.45, 2.75) is 38.1 Å². The van der Waals surface area contributed by atoms with E-state index in [0.29, 0.717) is 12.3 Å². The number of hydrogen-bond donors (Lipinski definition) is 2. The standard InChI is InChI=1S/C16H24N2O2/c1-13-7-9-16(12-17,10-8-13)18-15(19)11-20-14-5-3-2-4-6-14/h2-6,13H,7-12,17H2,1H3,(H,18,19). The molecule has 0 spiro atoms. The van der Waals surface area contributed by atoms with Crippen LogP contribution in [0.1, 0.15) is 32.6 Å². The van der Waals surface area contributed by atoms with Crippen molar-refractivity contribution in [2.75, 3.05) is 13.2 Å². The molecule has 0 aliphatic heterocycles. The second kappa shape index (κ2) is 6.75. The van der Waals surface area contributed by atoms with Gasteiger partial charge in [-0.3, -0.25) is 4.79 Å². The fourth-order valence-electron chi connectivity index (χ4n) is 2.69. The van der Waals surface area contributed by atoms with Crippen molar-refractivity contribution in [1.82, 2.24) is 5.32 Å². The van der Waals surface area contributed by atoms with Gasteiger partial charge in [-0.2, -0.15) is 0 Å². The molecule has 110 valence electrons. The van der Waals surface area contributed by atoms with E-state index in [1.165, 1.54) is 0 Å². The number of para-hydroxylation sites is 1. The second-order valence-electron chi connectivity index (χ2n) is 5.82. The molecule has 3 N–H and O–H groups in total. The third-order valence-corrected chi connectivity index (χ3v) is 4.14. The third-order valence-electron chi connectivity index (χ3n) is 4.14. The molecule has 0 radical (unpaired) electrons. The molecule has 4 nitrogen and oxygen atoms in total. The van der Waals surface area contributed by atoms with Crippen LogP contribution in [0.15, 0.2) is 30.3 Å². The molecule has 1 amide bonds. The van der Waals surface area contributed by atoms with Gasteiger partial charge in [0.25, 0.3) is 5.91 Å². The molecule has 1 fully saturated rings. The second-order valence-corrected chi connectivity index (χ2v) is 5.82. The molecule has 20 heavy (non-hydrogen) atoms. The van der Waals surface area contributed by atoms with Crippen LogP contribution in [0.3, 0.4) is 0 Å². The Morgan fingerprint density at radius 2 is 2.00 bits per heavy atom. The van der Waals surface area contributed by atoms with Gasteiger partial charge in [0.2, 0.25) is 0 Å². The zero-order chi connectivity index (χ0) is 14.4. The zero-order valence-electron chi connectivity index (χ0n) is 12.1. The fourth-order valence-corrected chi connectivity index (χ4v) is 2.69. The Bertz CT molecular complexity index is 425. The number of amides is 1. The lowest BCUT2D eigenvalue weighted by Gasteiger charge is -2.39. The van der Waals surface area contributed by atoms with Crippen molar-refractivity contribution in [3.63, 3.8) is 0 Å². The van der Waals surface area contributed by atoms with Gasteiger partial charge in [-0.15, -0.1) is 0 Å². The molecule has 0 heterocycles. The highest BCUT2D eigenvalue weighted by molar-refractivity contribution is 5.78. The normalized spacial score (nSPS) is 26.0. The summed E-state index contributed by atoms with van der Waals surface area (Å²) >= 11 is 0. The number of carbonyl (C=O) groups excluding carboxylic acids is 1. The lowest BCUT2D eigenvalue weighted by molar-refractivity contribution is -0.125. The first-order valence-corrected chi connectivity index (χ1v) is 7.32. The van der Waals surface area contributed by atoms with Gasteiger partial charge < -0.3 is 15.8 Å². The first-order valence-electron chi connectivity index (χ1n) is 7.32. The number of ether oxygens (including phenoxy) is 1. The van der Waals surface area contributed by atoms with Crippen LogP contribution in [0.25, 0.3) is 0 Å². The number of rotatable bonds is 5. The summed E-state index contributed by atoms with van der Waals surface area (Å²) in [5, 5.41) is 3.08. The molecule has 2 rings (SSSR count). The molecule has 1 saturated carbocycles. The number of nitrogens with one attached hydrogen (secondary N) is 1. The highest BCUT2D eigenvalue weighted by atomic mass is 16.5. The molecular formula is C16H24N2O2. The maximum Gasteiger partial charge on any atom is 0.258 e. The van der Waals surface area contributed by atoms with E-state index in [4.69, 9.17) is 10.5 Å². The van der Waals surface area contributed by atoms with Crippen molar-refractivity contribution in [3.8, 4) is 5.75 Å². The monoisotopic (exact) mass is 276 g/mol. The smallest absolute Gasteiger partial charge is 0.258 e. The Hall–Kier alpha value is -1.55. The number of nitrogens with two attached hydrogens (primary N) is 1. The lowest BCUT2D eigenvalue weighted by Crippen LogP contribution is -2.56. The number of carbonyl (C=O) groups is 1. The van der Waals surface area contributed by atoms with Crippen molar-refractivity contribution in [3.05, 3.63) is 30.3 Å². The molecule has 0 unspecified atom stereocenters. The average molecular weight is 276 g/mol. The van der Waals surface area contributed by atoms with E-state index in [0.717, 1.165) is 31.6 Å². The van der Waals surface area contributed by atoms with Crippen LogP contribution in [-0.2, 0) is 4.79 Å². The number of benzene rings is 1. The van der Waals surface area contributed by atoms with Crippen molar-refractivity contribution < 1.29 is 9.53 Å². The molecule has 0 saturated heterocycles. The van der Waals surface area contributed by atoms with Gasteiger partial charge in [0.15, 0.2) is 6.61 Å². The molecule has 0 aromatic heterocycles. The van der Waals surface area contributed by atoms with E-state index in [9.17, 15) is 4.79 Å². The molecule has 4 heteroatoms. The minimum atomic E-state index is -0.232. The fraction of sp³-hybridized carbons (Fsp3) is 0.562. The zero-order valence-corrected chi connectivity index (χ0v) is 12.1. The average Bonchev–Trinajstić information content (AvgIpc) is 2.49. The highest BCUT2D eigenvalue weighted by Crippen LogP contribution is 2.31. The van der Waals surface area contributed by atoms with E-state index >= 15 is 0 Å². The largest absolute Gasteiger partial charge is 0.484 e. The summed E-state index contributed by atoms with van der Waals surface area (Å²) in [6.45, 7) is 2.79. The highest BCUT2D eigenvalue weighted by Gasteiger charge is 2.34. The maximum atomic E-state index is 12.0. The van der Waals surface area contributed by atoms with Crippen LogP contribution in [0.4, 0.5) is 0 Å². The Kier molecular flexibility index (Phi) is 5.01. The predicted molar refractivity (Wildman–Crippen MR) is 79.5 cm³/mol. The Morgan fingerprint density at radius 1 is 1.35 bits per heavy atom. The molecule has 0 atom stereocenters. The van der Waals surface area contributed by atoms with Crippen LogP contribution in [-0.4, -0.2) is 24.6 Å².